The normalized spacial score (nSPS) is 12.6. The summed E-state index contributed by atoms with van der Waals surface area (Å²) in [6, 6.07) is 16.6. The number of hydrogen-bond donors (Lipinski definition) is 1. The quantitative estimate of drug-likeness (QED) is 0.803. The summed E-state index contributed by atoms with van der Waals surface area (Å²) >= 11 is 0. The predicted octanol–water partition coefficient (Wildman–Crippen LogP) is 4.41. The molecule has 1 N–H and O–H groups in total. The van der Waals surface area contributed by atoms with Gasteiger partial charge in [-0.15, -0.1) is 0 Å². The first-order valence-electron chi connectivity index (χ1n) is 8.10. The fraction of sp³-hybridized carbons (Fsp3) is 0.300. The maximum absolute atomic E-state index is 11.8. The van der Waals surface area contributed by atoms with Crippen LogP contribution in [-0.2, 0) is 4.74 Å². The number of rotatable bonds is 6. The minimum atomic E-state index is -0.358. The van der Waals surface area contributed by atoms with E-state index in [1.165, 1.54) is 22.3 Å². The highest BCUT2D eigenvalue weighted by atomic mass is 16.5. The van der Waals surface area contributed by atoms with Gasteiger partial charge in [0.15, 0.2) is 0 Å². The van der Waals surface area contributed by atoms with Gasteiger partial charge < -0.3 is 10.1 Å². The number of benzene rings is 2. The number of amides is 1. The number of alkyl carbamates (subject to hydrolysis) is 1. The molecule has 0 spiro atoms. The number of nitrogens with one attached hydrogen (secondary N) is 1. The molecule has 0 heterocycles. The Kier molecular flexibility index (Phi) is 4.96. The lowest BCUT2D eigenvalue weighted by molar-refractivity contribution is 0.143. The van der Waals surface area contributed by atoms with E-state index >= 15 is 0 Å². The summed E-state index contributed by atoms with van der Waals surface area (Å²) in [5.41, 5.74) is 4.93. The van der Waals surface area contributed by atoms with E-state index in [9.17, 15) is 4.79 Å². The lowest BCUT2D eigenvalue weighted by atomic mass is 9.98. The third-order valence-corrected chi connectivity index (χ3v) is 4.24. The highest BCUT2D eigenvalue weighted by Gasteiger charge is 2.28. The van der Waals surface area contributed by atoms with Gasteiger partial charge in [-0.1, -0.05) is 55.0 Å². The molecule has 3 heteroatoms. The van der Waals surface area contributed by atoms with Gasteiger partial charge in [0, 0.05) is 12.5 Å². The van der Waals surface area contributed by atoms with Crippen LogP contribution in [0.1, 0.15) is 36.3 Å². The Bertz CT molecular complexity index is 635. The summed E-state index contributed by atoms with van der Waals surface area (Å²) in [5.74, 6) is 0.109. The minimum Gasteiger partial charge on any atom is -0.449 e. The van der Waals surface area contributed by atoms with Crippen molar-refractivity contribution in [2.24, 2.45) is 0 Å². The Labute approximate surface area is 137 Å². The number of fused-ring (bicyclic) bond motifs is 3. The number of unbranched alkanes of at least 4 members (excludes halogenated alkanes) is 2. The first kappa shape index (κ1) is 15.6. The van der Waals surface area contributed by atoms with E-state index in [-0.39, 0.29) is 12.0 Å². The van der Waals surface area contributed by atoms with Gasteiger partial charge in [-0.2, -0.15) is 0 Å². The fourth-order valence-corrected chi connectivity index (χ4v) is 3.11. The van der Waals surface area contributed by atoms with E-state index < -0.39 is 0 Å². The second-order valence-corrected chi connectivity index (χ2v) is 5.75. The molecule has 0 bridgehead atoms. The van der Waals surface area contributed by atoms with Crippen LogP contribution in [0, 0.1) is 6.92 Å². The number of carbonyl (C=O) groups excluding carboxylic acids is 1. The van der Waals surface area contributed by atoms with Crippen molar-refractivity contribution in [2.75, 3.05) is 13.2 Å². The highest BCUT2D eigenvalue weighted by molar-refractivity contribution is 5.79. The van der Waals surface area contributed by atoms with Crippen LogP contribution in [0.25, 0.3) is 11.1 Å². The van der Waals surface area contributed by atoms with Gasteiger partial charge in [-0.25, -0.2) is 4.79 Å². The number of hydrogen-bond acceptors (Lipinski definition) is 2. The second-order valence-electron chi connectivity index (χ2n) is 5.75. The van der Waals surface area contributed by atoms with Crippen LogP contribution in [-0.4, -0.2) is 19.2 Å². The average molecular weight is 307 g/mol. The molecule has 0 atom stereocenters. The van der Waals surface area contributed by atoms with Crippen molar-refractivity contribution >= 4 is 6.09 Å². The van der Waals surface area contributed by atoms with Crippen molar-refractivity contribution in [3.8, 4) is 11.1 Å². The maximum Gasteiger partial charge on any atom is 0.407 e. The largest absolute Gasteiger partial charge is 0.449 e. The molecule has 2 aromatic carbocycles. The first-order chi connectivity index (χ1) is 11.3. The topological polar surface area (TPSA) is 38.3 Å². The van der Waals surface area contributed by atoms with E-state index in [0.29, 0.717) is 19.6 Å². The molecule has 3 nitrogen and oxygen atoms in total. The molecule has 0 unspecified atom stereocenters. The predicted molar refractivity (Wildman–Crippen MR) is 91.2 cm³/mol. The third kappa shape index (κ3) is 3.39. The zero-order valence-electron chi connectivity index (χ0n) is 13.1. The van der Waals surface area contributed by atoms with Gasteiger partial charge in [-0.3, -0.25) is 0 Å². The lowest BCUT2D eigenvalue weighted by Crippen LogP contribution is -2.26. The number of ether oxygens (including phenoxy) is 1. The molecule has 1 amide bonds. The van der Waals surface area contributed by atoms with E-state index in [4.69, 9.17) is 11.7 Å². The molecule has 1 aliphatic carbocycles. The van der Waals surface area contributed by atoms with Crippen LogP contribution in [0.3, 0.4) is 0 Å². The van der Waals surface area contributed by atoms with Crippen molar-refractivity contribution in [1.82, 2.24) is 5.32 Å². The van der Waals surface area contributed by atoms with Crippen LogP contribution in [0.5, 0.6) is 0 Å². The lowest BCUT2D eigenvalue weighted by Gasteiger charge is -2.14. The van der Waals surface area contributed by atoms with Gasteiger partial charge in [0.2, 0.25) is 0 Å². The zero-order valence-corrected chi connectivity index (χ0v) is 13.1. The molecule has 23 heavy (non-hydrogen) atoms. The summed E-state index contributed by atoms with van der Waals surface area (Å²) in [7, 11) is 0. The van der Waals surface area contributed by atoms with Crippen LogP contribution in [0.4, 0.5) is 4.79 Å². The van der Waals surface area contributed by atoms with Crippen molar-refractivity contribution in [2.45, 2.75) is 25.2 Å². The minimum absolute atomic E-state index is 0.109. The first-order valence-corrected chi connectivity index (χ1v) is 8.10. The van der Waals surface area contributed by atoms with Gasteiger partial charge in [0.1, 0.15) is 6.61 Å². The van der Waals surface area contributed by atoms with Gasteiger partial charge in [0.25, 0.3) is 0 Å². The monoisotopic (exact) mass is 307 g/mol. The molecular weight excluding hydrogens is 286 g/mol. The van der Waals surface area contributed by atoms with Crippen molar-refractivity contribution in [1.29, 1.82) is 0 Å². The average Bonchev–Trinajstić information content (AvgIpc) is 2.91. The Hall–Kier alpha value is -2.29. The summed E-state index contributed by atoms with van der Waals surface area (Å²) in [4.78, 5) is 11.8. The number of carbonyl (C=O) groups is 1. The Morgan fingerprint density at radius 3 is 2.22 bits per heavy atom. The van der Waals surface area contributed by atoms with E-state index in [2.05, 4.69) is 29.6 Å². The molecule has 0 aromatic heterocycles. The van der Waals surface area contributed by atoms with Crippen LogP contribution < -0.4 is 5.32 Å². The Balaban J connectivity index is 1.65. The SMILES string of the molecule is [CH]CCCCNC(=O)OCC1c2ccccc2-c2ccccc21. The molecule has 2 radical (unpaired) electrons. The maximum atomic E-state index is 11.8. The molecule has 118 valence electrons. The highest BCUT2D eigenvalue weighted by Crippen LogP contribution is 2.44. The summed E-state index contributed by atoms with van der Waals surface area (Å²) in [6.07, 6.45) is 2.07. The van der Waals surface area contributed by atoms with E-state index in [1.54, 1.807) is 0 Å². The molecular formula is C20H21NO2. The van der Waals surface area contributed by atoms with E-state index in [1.807, 2.05) is 24.3 Å². The summed E-state index contributed by atoms with van der Waals surface area (Å²) in [5, 5.41) is 2.77. The van der Waals surface area contributed by atoms with Crippen molar-refractivity contribution in [3.63, 3.8) is 0 Å². The molecule has 1 aliphatic rings. The van der Waals surface area contributed by atoms with Crippen LogP contribution >= 0.6 is 0 Å². The fourth-order valence-electron chi connectivity index (χ4n) is 3.11. The summed E-state index contributed by atoms with van der Waals surface area (Å²) < 4.78 is 5.44. The standard InChI is InChI=1S/C20H21NO2/c1-2-3-8-13-21-20(22)23-14-19-17-11-6-4-9-15(17)16-10-5-7-12-18(16)19/h1,4-7,9-12,19H,2-3,8,13-14H2,(H,21,22). The third-order valence-electron chi connectivity index (χ3n) is 4.24. The van der Waals surface area contributed by atoms with Crippen LogP contribution in [0.15, 0.2) is 48.5 Å². The van der Waals surface area contributed by atoms with Gasteiger partial charge in [0.05, 0.1) is 0 Å². The van der Waals surface area contributed by atoms with Crippen molar-refractivity contribution < 1.29 is 9.53 Å². The molecule has 2 aromatic rings. The molecule has 3 rings (SSSR count). The Morgan fingerprint density at radius 1 is 1.00 bits per heavy atom. The Morgan fingerprint density at radius 2 is 1.61 bits per heavy atom. The van der Waals surface area contributed by atoms with Gasteiger partial charge >= 0.3 is 6.09 Å². The second kappa shape index (κ2) is 7.32. The van der Waals surface area contributed by atoms with Crippen LogP contribution in [0.2, 0.25) is 0 Å². The van der Waals surface area contributed by atoms with Crippen molar-refractivity contribution in [3.05, 3.63) is 66.6 Å². The molecule has 0 saturated carbocycles. The van der Waals surface area contributed by atoms with Gasteiger partial charge in [-0.05, 0) is 42.0 Å². The zero-order chi connectivity index (χ0) is 16.1. The summed E-state index contributed by atoms with van der Waals surface area (Å²) in [6.45, 7) is 6.40. The van der Waals surface area contributed by atoms with E-state index in [0.717, 1.165) is 12.8 Å². The molecule has 0 aliphatic heterocycles. The smallest absolute Gasteiger partial charge is 0.407 e. The molecule has 0 saturated heterocycles. The molecule has 0 fully saturated rings.